The van der Waals surface area contributed by atoms with Crippen LogP contribution >= 0.6 is 0 Å². The predicted molar refractivity (Wildman–Crippen MR) is 93.7 cm³/mol. The molecule has 2 heterocycles. The van der Waals surface area contributed by atoms with Gasteiger partial charge >= 0.3 is 6.18 Å². The number of hydrogen-bond donors (Lipinski definition) is 0. The normalized spacial score (nSPS) is 20.9. The van der Waals surface area contributed by atoms with Crippen LogP contribution in [-0.2, 0) is 11.0 Å². The van der Waals surface area contributed by atoms with Crippen molar-refractivity contribution >= 4 is 11.6 Å². The molecule has 0 aliphatic carbocycles. The second kappa shape index (κ2) is 6.63. The number of benzene rings is 1. The SMILES string of the molecule is C=CCN1C(=O)C2=C(C(C)=NCCN2C)C1c1cccc(C(F)(F)F)c1. The first-order valence-electron chi connectivity index (χ1n) is 8.31. The molecule has 0 bridgehead atoms. The summed E-state index contributed by atoms with van der Waals surface area (Å²) in [6, 6.07) is 4.54. The molecule has 4 nitrogen and oxygen atoms in total. The Bertz CT molecular complexity index is 810. The lowest BCUT2D eigenvalue weighted by atomic mass is 9.94. The van der Waals surface area contributed by atoms with Crippen LogP contribution in [0.3, 0.4) is 0 Å². The van der Waals surface area contributed by atoms with Crippen molar-refractivity contribution in [3.8, 4) is 0 Å². The number of halogens is 3. The van der Waals surface area contributed by atoms with Crippen LogP contribution in [0.1, 0.15) is 24.1 Å². The Morgan fingerprint density at radius 3 is 2.77 bits per heavy atom. The summed E-state index contributed by atoms with van der Waals surface area (Å²) in [6.45, 7) is 6.85. The van der Waals surface area contributed by atoms with Crippen molar-refractivity contribution in [1.82, 2.24) is 9.80 Å². The molecule has 1 amide bonds. The van der Waals surface area contributed by atoms with E-state index in [4.69, 9.17) is 0 Å². The number of carbonyl (C=O) groups is 1. The molecule has 1 unspecified atom stereocenters. The fourth-order valence-electron chi connectivity index (χ4n) is 3.52. The van der Waals surface area contributed by atoms with Gasteiger partial charge in [-0.05, 0) is 24.6 Å². The smallest absolute Gasteiger partial charge is 0.368 e. The number of alkyl halides is 3. The minimum absolute atomic E-state index is 0.207. The number of rotatable bonds is 3. The van der Waals surface area contributed by atoms with Crippen molar-refractivity contribution in [1.29, 1.82) is 0 Å². The minimum atomic E-state index is -4.44. The molecule has 1 aromatic carbocycles. The highest BCUT2D eigenvalue weighted by molar-refractivity contribution is 6.11. The van der Waals surface area contributed by atoms with Gasteiger partial charge in [0, 0.05) is 31.4 Å². The Morgan fingerprint density at radius 2 is 2.12 bits per heavy atom. The van der Waals surface area contributed by atoms with E-state index >= 15 is 0 Å². The Hall–Kier alpha value is -2.57. The summed E-state index contributed by atoms with van der Waals surface area (Å²) < 4.78 is 39.5. The van der Waals surface area contributed by atoms with E-state index in [1.807, 2.05) is 11.9 Å². The molecule has 0 radical (unpaired) electrons. The number of hydrogen-bond acceptors (Lipinski definition) is 3. The molecular weight excluding hydrogens is 343 g/mol. The first-order valence-corrected chi connectivity index (χ1v) is 8.31. The third-order valence-electron chi connectivity index (χ3n) is 4.72. The van der Waals surface area contributed by atoms with Crippen LogP contribution in [0.25, 0.3) is 0 Å². The second-order valence-corrected chi connectivity index (χ2v) is 6.42. The van der Waals surface area contributed by atoms with E-state index in [0.717, 1.165) is 12.1 Å². The standard InChI is InChI=1S/C19H20F3N3O/c1-4-9-25-16(13-6-5-7-14(11-13)19(20,21)22)15-12(2)23-8-10-24(3)17(15)18(25)26/h4-7,11,16H,1,8-10H2,2-3H3. The zero-order valence-electron chi connectivity index (χ0n) is 14.7. The van der Waals surface area contributed by atoms with E-state index in [0.29, 0.717) is 35.6 Å². The average Bonchev–Trinajstić information content (AvgIpc) is 2.78. The van der Waals surface area contributed by atoms with Gasteiger partial charge in [0.1, 0.15) is 5.70 Å². The largest absolute Gasteiger partial charge is 0.416 e. The lowest BCUT2D eigenvalue weighted by molar-refractivity contribution is -0.137. The number of carbonyl (C=O) groups excluding carboxylic acids is 1. The second-order valence-electron chi connectivity index (χ2n) is 6.42. The van der Waals surface area contributed by atoms with E-state index in [1.165, 1.54) is 6.07 Å². The highest BCUT2D eigenvalue weighted by Gasteiger charge is 2.43. The summed E-state index contributed by atoms with van der Waals surface area (Å²) in [5.41, 5.74) is 1.56. The summed E-state index contributed by atoms with van der Waals surface area (Å²) in [6.07, 6.45) is -2.86. The van der Waals surface area contributed by atoms with E-state index in [1.54, 1.807) is 24.0 Å². The van der Waals surface area contributed by atoms with Gasteiger partial charge in [-0.3, -0.25) is 9.79 Å². The number of amides is 1. The van der Waals surface area contributed by atoms with Gasteiger partial charge in [0.25, 0.3) is 5.91 Å². The average molecular weight is 363 g/mol. The number of nitrogens with zero attached hydrogens (tertiary/aromatic N) is 3. The van der Waals surface area contributed by atoms with E-state index in [2.05, 4.69) is 11.6 Å². The molecule has 26 heavy (non-hydrogen) atoms. The van der Waals surface area contributed by atoms with Crippen molar-refractivity contribution in [2.45, 2.75) is 19.1 Å². The molecule has 0 aromatic heterocycles. The molecular formula is C19H20F3N3O. The van der Waals surface area contributed by atoms with Gasteiger partial charge in [0.2, 0.25) is 0 Å². The van der Waals surface area contributed by atoms with Crippen LogP contribution in [0.2, 0.25) is 0 Å². The molecule has 3 rings (SSSR count). The van der Waals surface area contributed by atoms with Crippen molar-refractivity contribution < 1.29 is 18.0 Å². The van der Waals surface area contributed by atoms with Crippen molar-refractivity contribution in [3.05, 3.63) is 59.3 Å². The van der Waals surface area contributed by atoms with Crippen LogP contribution in [0.4, 0.5) is 13.2 Å². The maximum absolute atomic E-state index is 13.2. The quantitative estimate of drug-likeness (QED) is 0.772. The van der Waals surface area contributed by atoms with Gasteiger partial charge in [0.15, 0.2) is 0 Å². The molecule has 0 spiro atoms. The van der Waals surface area contributed by atoms with E-state index in [-0.39, 0.29) is 12.5 Å². The molecule has 0 fully saturated rings. The molecule has 138 valence electrons. The Balaban J connectivity index is 2.18. The molecule has 0 saturated heterocycles. The van der Waals surface area contributed by atoms with Crippen LogP contribution < -0.4 is 0 Å². The van der Waals surface area contributed by atoms with Crippen LogP contribution in [-0.4, -0.2) is 48.1 Å². The fraction of sp³-hybridized carbons (Fsp3) is 0.368. The lowest BCUT2D eigenvalue weighted by Crippen LogP contribution is -2.34. The zero-order valence-corrected chi connectivity index (χ0v) is 14.7. The molecule has 1 aromatic rings. The van der Waals surface area contributed by atoms with Gasteiger partial charge in [-0.15, -0.1) is 6.58 Å². The monoisotopic (exact) mass is 363 g/mol. The summed E-state index contributed by atoms with van der Waals surface area (Å²) >= 11 is 0. The summed E-state index contributed by atoms with van der Waals surface area (Å²) in [4.78, 5) is 20.9. The van der Waals surface area contributed by atoms with Gasteiger partial charge in [-0.2, -0.15) is 13.2 Å². The summed E-state index contributed by atoms with van der Waals surface area (Å²) in [5.74, 6) is -0.207. The van der Waals surface area contributed by atoms with Crippen molar-refractivity contribution in [3.63, 3.8) is 0 Å². The highest BCUT2D eigenvalue weighted by Crippen LogP contribution is 2.41. The van der Waals surface area contributed by atoms with E-state index < -0.39 is 17.8 Å². The van der Waals surface area contributed by atoms with Crippen LogP contribution in [0.15, 0.2) is 53.2 Å². The lowest BCUT2D eigenvalue weighted by Gasteiger charge is -2.27. The highest BCUT2D eigenvalue weighted by atomic mass is 19.4. The van der Waals surface area contributed by atoms with E-state index in [9.17, 15) is 18.0 Å². The molecule has 2 aliphatic heterocycles. The Kier molecular flexibility index (Phi) is 4.64. The number of aliphatic imine (C=N–C) groups is 1. The first kappa shape index (κ1) is 18.2. The summed E-state index contributed by atoms with van der Waals surface area (Å²) in [7, 11) is 1.81. The summed E-state index contributed by atoms with van der Waals surface area (Å²) in [5, 5.41) is 0. The maximum Gasteiger partial charge on any atom is 0.416 e. The molecule has 2 aliphatic rings. The predicted octanol–water partition coefficient (Wildman–Crippen LogP) is 3.44. The number of likely N-dealkylation sites (N-methyl/N-ethyl adjacent to an activating group) is 1. The fourth-order valence-corrected chi connectivity index (χ4v) is 3.52. The molecule has 1 atom stereocenters. The van der Waals surface area contributed by atoms with Gasteiger partial charge in [-0.25, -0.2) is 0 Å². The van der Waals surface area contributed by atoms with Gasteiger partial charge in [0.05, 0.1) is 18.2 Å². The molecule has 0 N–H and O–H groups in total. The molecule has 0 saturated carbocycles. The minimum Gasteiger partial charge on any atom is -0.368 e. The van der Waals surface area contributed by atoms with Crippen molar-refractivity contribution in [2.24, 2.45) is 4.99 Å². The first-order chi connectivity index (χ1) is 12.3. The van der Waals surface area contributed by atoms with Crippen LogP contribution in [0, 0.1) is 0 Å². The maximum atomic E-state index is 13.2. The Labute approximate surface area is 150 Å². The van der Waals surface area contributed by atoms with Gasteiger partial charge < -0.3 is 9.80 Å². The molecule has 7 heteroatoms. The third-order valence-corrected chi connectivity index (χ3v) is 4.72. The van der Waals surface area contributed by atoms with Gasteiger partial charge in [-0.1, -0.05) is 18.2 Å². The van der Waals surface area contributed by atoms with Crippen LogP contribution in [0.5, 0.6) is 0 Å². The third kappa shape index (κ3) is 3.02. The topological polar surface area (TPSA) is 35.9 Å². The Morgan fingerprint density at radius 1 is 1.38 bits per heavy atom. The van der Waals surface area contributed by atoms with Crippen molar-refractivity contribution in [2.75, 3.05) is 26.7 Å². The zero-order chi connectivity index (χ0) is 19.1.